The minimum Gasteiger partial charge on any atom is -0.309 e. The Hall–Kier alpha value is -2.45. The van der Waals surface area contributed by atoms with Crippen molar-refractivity contribution >= 4 is 0 Å². The second kappa shape index (κ2) is 8.59. The summed E-state index contributed by atoms with van der Waals surface area (Å²) in [5.41, 5.74) is 7.59. The van der Waals surface area contributed by atoms with Gasteiger partial charge in [-0.3, -0.25) is 4.98 Å². The molecule has 1 aromatic heterocycles. The van der Waals surface area contributed by atoms with Gasteiger partial charge in [0.05, 0.1) is 0 Å². The molecule has 0 aliphatic heterocycles. The van der Waals surface area contributed by atoms with Crippen molar-refractivity contribution in [2.75, 3.05) is 0 Å². The molecule has 0 aliphatic rings. The van der Waals surface area contributed by atoms with Crippen LogP contribution < -0.4 is 5.32 Å². The normalized spacial score (nSPS) is 10.8. The topological polar surface area (TPSA) is 24.9 Å². The molecule has 25 heavy (non-hydrogen) atoms. The molecule has 2 heteroatoms. The Morgan fingerprint density at radius 1 is 0.800 bits per heavy atom. The van der Waals surface area contributed by atoms with Crippen molar-refractivity contribution < 1.29 is 0 Å². The molecule has 0 saturated heterocycles. The van der Waals surface area contributed by atoms with Crippen LogP contribution in [-0.2, 0) is 19.5 Å². The van der Waals surface area contributed by atoms with Crippen LogP contribution >= 0.6 is 0 Å². The molecule has 0 unspecified atom stereocenters. The summed E-state index contributed by atoms with van der Waals surface area (Å²) in [5, 5.41) is 3.60. The molecule has 0 aliphatic carbocycles. The Kier molecular flexibility index (Phi) is 5.97. The molecule has 3 aromatic rings. The highest BCUT2D eigenvalue weighted by Gasteiger charge is 2.05. The average molecular weight is 330 g/mol. The summed E-state index contributed by atoms with van der Waals surface area (Å²) in [6.45, 7) is 6.04. The van der Waals surface area contributed by atoms with Crippen LogP contribution in [0, 0.1) is 6.92 Å². The number of benzene rings is 2. The molecule has 0 bridgehead atoms. The molecule has 1 N–H and O–H groups in total. The first-order valence-electron chi connectivity index (χ1n) is 9.06. The summed E-state index contributed by atoms with van der Waals surface area (Å²) in [5.74, 6) is 0. The number of hydrogen-bond acceptors (Lipinski definition) is 2. The van der Waals surface area contributed by atoms with Crippen LogP contribution in [0.1, 0.15) is 35.7 Å². The molecule has 1 heterocycles. The van der Waals surface area contributed by atoms with Crippen LogP contribution in [0.5, 0.6) is 0 Å². The molecule has 3 rings (SSSR count). The number of nitrogens with one attached hydrogen (secondary N) is 1. The van der Waals surface area contributed by atoms with Crippen LogP contribution in [0.2, 0.25) is 0 Å². The first kappa shape index (κ1) is 17.4. The average Bonchev–Trinajstić information content (AvgIpc) is 2.65. The fourth-order valence-electron chi connectivity index (χ4n) is 3.12. The van der Waals surface area contributed by atoms with E-state index >= 15 is 0 Å². The van der Waals surface area contributed by atoms with Gasteiger partial charge >= 0.3 is 0 Å². The summed E-state index contributed by atoms with van der Waals surface area (Å²) >= 11 is 0. The minimum atomic E-state index is 0.833. The van der Waals surface area contributed by atoms with Crippen molar-refractivity contribution in [2.24, 2.45) is 0 Å². The van der Waals surface area contributed by atoms with E-state index in [9.17, 15) is 0 Å². The zero-order valence-corrected chi connectivity index (χ0v) is 15.1. The molecule has 0 fully saturated rings. The molecule has 0 saturated carbocycles. The van der Waals surface area contributed by atoms with Gasteiger partial charge in [0.2, 0.25) is 0 Å². The zero-order valence-electron chi connectivity index (χ0n) is 15.1. The van der Waals surface area contributed by atoms with Crippen molar-refractivity contribution in [1.29, 1.82) is 0 Å². The lowest BCUT2D eigenvalue weighted by Gasteiger charge is -2.12. The Balaban J connectivity index is 1.69. The number of hydrogen-bond donors (Lipinski definition) is 1. The highest BCUT2D eigenvalue weighted by atomic mass is 14.9. The first-order valence-corrected chi connectivity index (χ1v) is 9.06. The lowest BCUT2D eigenvalue weighted by Crippen LogP contribution is -2.15. The van der Waals surface area contributed by atoms with E-state index < -0.39 is 0 Å². The SMILES string of the molecule is CCCc1ccccc1CNCc1cc(-c2ccccc2)cnc1C. The summed E-state index contributed by atoms with van der Waals surface area (Å²) in [6.07, 6.45) is 4.28. The van der Waals surface area contributed by atoms with E-state index in [1.54, 1.807) is 0 Å². The maximum atomic E-state index is 4.59. The molecule has 128 valence electrons. The van der Waals surface area contributed by atoms with Crippen LogP contribution in [0.15, 0.2) is 66.9 Å². The fraction of sp³-hybridized carbons (Fsp3) is 0.261. The lowest BCUT2D eigenvalue weighted by atomic mass is 10.0. The summed E-state index contributed by atoms with van der Waals surface area (Å²) in [6, 6.07) is 21.4. The molecule has 0 radical (unpaired) electrons. The zero-order chi connectivity index (χ0) is 17.5. The van der Waals surface area contributed by atoms with E-state index in [1.807, 2.05) is 12.3 Å². The van der Waals surface area contributed by atoms with Gasteiger partial charge in [0, 0.05) is 30.5 Å². The Morgan fingerprint density at radius 2 is 1.48 bits per heavy atom. The Bertz CT molecular complexity index is 809. The van der Waals surface area contributed by atoms with Gasteiger partial charge in [-0.15, -0.1) is 0 Å². The van der Waals surface area contributed by atoms with Gasteiger partial charge in [-0.25, -0.2) is 0 Å². The first-order chi connectivity index (χ1) is 12.3. The quantitative estimate of drug-likeness (QED) is 0.636. The monoisotopic (exact) mass is 330 g/mol. The molecule has 2 nitrogen and oxygen atoms in total. The molecule has 0 atom stereocenters. The van der Waals surface area contributed by atoms with Crippen LogP contribution in [0.4, 0.5) is 0 Å². The van der Waals surface area contributed by atoms with E-state index in [1.165, 1.54) is 34.2 Å². The van der Waals surface area contributed by atoms with Gasteiger partial charge in [-0.05, 0) is 41.7 Å². The second-order valence-corrected chi connectivity index (χ2v) is 6.46. The number of pyridine rings is 1. The third-order valence-electron chi connectivity index (χ3n) is 4.57. The maximum absolute atomic E-state index is 4.59. The minimum absolute atomic E-state index is 0.833. The molecule has 0 amide bonds. The highest BCUT2D eigenvalue weighted by molar-refractivity contribution is 5.63. The van der Waals surface area contributed by atoms with Gasteiger partial charge in [0.15, 0.2) is 0 Å². The van der Waals surface area contributed by atoms with Gasteiger partial charge in [-0.2, -0.15) is 0 Å². The van der Waals surface area contributed by atoms with Crippen molar-refractivity contribution in [2.45, 2.75) is 39.8 Å². The predicted molar refractivity (Wildman–Crippen MR) is 105 cm³/mol. The van der Waals surface area contributed by atoms with Gasteiger partial charge in [-0.1, -0.05) is 67.9 Å². The van der Waals surface area contributed by atoms with E-state index in [0.717, 1.165) is 25.2 Å². The van der Waals surface area contributed by atoms with Crippen LogP contribution in [0.25, 0.3) is 11.1 Å². The van der Waals surface area contributed by atoms with E-state index in [4.69, 9.17) is 0 Å². The van der Waals surface area contributed by atoms with Crippen LogP contribution in [-0.4, -0.2) is 4.98 Å². The van der Waals surface area contributed by atoms with E-state index in [-0.39, 0.29) is 0 Å². The summed E-state index contributed by atoms with van der Waals surface area (Å²) in [7, 11) is 0. The lowest BCUT2D eigenvalue weighted by molar-refractivity contribution is 0.681. The Labute approximate surface area is 151 Å². The predicted octanol–water partition coefficient (Wildman–Crippen LogP) is 5.30. The number of aryl methyl sites for hydroxylation is 2. The number of aromatic nitrogens is 1. The number of nitrogens with zero attached hydrogens (tertiary/aromatic N) is 1. The molecular formula is C23H26N2. The van der Waals surface area contributed by atoms with Gasteiger partial charge in [0.25, 0.3) is 0 Å². The Morgan fingerprint density at radius 3 is 2.24 bits per heavy atom. The summed E-state index contributed by atoms with van der Waals surface area (Å²) < 4.78 is 0. The van der Waals surface area contributed by atoms with Crippen molar-refractivity contribution in [1.82, 2.24) is 10.3 Å². The standard InChI is InChI=1S/C23H26N2/c1-3-9-19-12-7-8-13-21(19)15-24-16-22-14-23(17-25-18(22)2)20-10-5-4-6-11-20/h4-8,10-14,17,24H,3,9,15-16H2,1-2H3. The second-order valence-electron chi connectivity index (χ2n) is 6.46. The van der Waals surface area contributed by atoms with Crippen molar-refractivity contribution in [3.63, 3.8) is 0 Å². The highest BCUT2D eigenvalue weighted by Crippen LogP contribution is 2.20. The smallest absolute Gasteiger partial charge is 0.0418 e. The largest absolute Gasteiger partial charge is 0.309 e. The maximum Gasteiger partial charge on any atom is 0.0418 e. The van der Waals surface area contributed by atoms with E-state index in [2.05, 4.69) is 78.7 Å². The van der Waals surface area contributed by atoms with Crippen LogP contribution in [0.3, 0.4) is 0 Å². The summed E-state index contributed by atoms with van der Waals surface area (Å²) in [4.78, 5) is 4.59. The van der Waals surface area contributed by atoms with Gasteiger partial charge < -0.3 is 5.32 Å². The number of rotatable bonds is 7. The van der Waals surface area contributed by atoms with E-state index in [0.29, 0.717) is 0 Å². The third kappa shape index (κ3) is 4.55. The fourth-order valence-corrected chi connectivity index (χ4v) is 3.12. The third-order valence-corrected chi connectivity index (χ3v) is 4.57. The molecular weight excluding hydrogens is 304 g/mol. The van der Waals surface area contributed by atoms with Gasteiger partial charge in [0.1, 0.15) is 0 Å². The van der Waals surface area contributed by atoms with Crippen molar-refractivity contribution in [3.8, 4) is 11.1 Å². The van der Waals surface area contributed by atoms with Crippen molar-refractivity contribution in [3.05, 3.63) is 89.2 Å². The molecule has 2 aromatic carbocycles. The molecule has 0 spiro atoms.